The quantitative estimate of drug-likeness (QED) is 0.844. The lowest BCUT2D eigenvalue weighted by atomic mass is 9.60. The molecule has 112 valence electrons. The molecule has 5 unspecified atom stereocenters. The molecule has 5 atom stereocenters. The molecule has 0 aromatic carbocycles. The van der Waals surface area contributed by atoms with E-state index in [0.717, 1.165) is 45.1 Å². The second kappa shape index (κ2) is 4.44. The maximum Gasteiger partial charge on any atom is 0.310 e. The molecule has 2 aliphatic heterocycles. The van der Waals surface area contributed by atoms with E-state index in [9.17, 15) is 9.90 Å². The largest absolute Gasteiger partial charge is 0.481 e. The molecule has 4 nitrogen and oxygen atoms in total. The lowest BCUT2D eigenvalue weighted by molar-refractivity contribution is -0.170. The van der Waals surface area contributed by atoms with Crippen molar-refractivity contribution in [3.05, 3.63) is 0 Å². The summed E-state index contributed by atoms with van der Waals surface area (Å²) in [7, 11) is 0. The molecule has 0 amide bonds. The fraction of sp³-hybridized carbons (Fsp3) is 0.938. The van der Waals surface area contributed by atoms with Crippen molar-refractivity contribution in [1.29, 1.82) is 0 Å². The van der Waals surface area contributed by atoms with Gasteiger partial charge in [0.15, 0.2) is 0 Å². The van der Waals surface area contributed by atoms with Crippen molar-refractivity contribution in [1.82, 2.24) is 0 Å². The molecule has 2 bridgehead atoms. The zero-order valence-corrected chi connectivity index (χ0v) is 12.0. The van der Waals surface area contributed by atoms with Gasteiger partial charge < -0.3 is 14.6 Å². The number of aliphatic carboxylic acids is 1. The van der Waals surface area contributed by atoms with Gasteiger partial charge in [-0.05, 0) is 49.9 Å². The molecule has 1 spiro atoms. The molecular weight excluding hydrogens is 256 g/mol. The van der Waals surface area contributed by atoms with Gasteiger partial charge in [-0.2, -0.15) is 0 Å². The van der Waals surface area contributed by atoms with Crippen LogP contribution in [-0.2, 0) is 14.3 Å². The highest BCUT2D eigenvalue weighted by Crippen LogP contribution is 2.62. The Morgan fingerprint density at radius 1 is 1.10 bits per heavy atom. The lowest BCUT2D eigenvalue weighted by Gasteiger charge is -2.47. The van der Waals surface area contributed by atoms with E-state index in [1.54, 1.807) is 0 Å². The molecule has 4 aliphatic rings. The van der Waals surface area contributed by atoms with Gasteiger partial charge in [0.1, 0.15) is 0 Å². The highest BCUT2D eigenvalue weighted by Gasteiger charge is 2.61. The van der Waals surface area contributed by atoms with Crippen LogP contribution in [0, 0.1) is 23.2 Å². The number of ether oxygens (including phenoxy) is 2. The van der Waals surface area contributed by atoms with E-state index in [2.05, 4.69) is 0 Å². The van der Waals surface area contributed by atoms with Gasteiger partial charge in [0.25, 0.3) is 0 Å². The van der Waals surface area contributed by atoms with Crippen LogP contribution in [-0.4, -0.2) is 36.5 Å². The molecule has 20 heavy (non-hydrogen) atoms. The maximum atomic E-state index is 12.1. The first-order chi connectivity index (χ1) is 9.65. The van der Waals surface area contributed by atoms with Gasteiger partial charge >= 0.3 is 5.97 Å². The van der Waals surface area contributed by atoms with Crippen LogP contribution in [0.2, 0.25) is 0 Å². The van der Waals surface area contributed by atoms with Gasteiger partial charge in [0.05, 0.1) is 17.6 Å². The monoisotopic (exact) mass is 280 g/mol. The second-order valence-corrected chi connectivity index (χ2v) is 7.45. The first-order valence-electron chi connectivity index (χ1n) is 8.10. The summed E-state index contributed by atoms with van der Waals surface area (Å²) in [6.45, 7) is 2.13. The lowest BCUT2D eigenvalue weighted by Crippen LogP contribution is -2.50. The van der Waals surface area contributed by atoms with E-state index >= 15 is 0 Å². The Labute approximate surface area is 119 Å². The molecule has 4 fully saturated rings. The third-order valence-corrected chi connectivity index (χ3v) is 6.58. The number of carbonyl (C=O) groups is 1. The number of carboxylic acid groups (broad SMARTS) is 1. The molecule has 4 heteroatoms. The van der Waals surface area contributed by atoms with Crippen molar-refractivity contribution in [3.8, 4) is 0 Å². The van der Waals surface area contributed by atoms with Gasteiger partial charge in [-0.15, -0.1) is 0 Å². The van der Waals surface area contributed by atoms with Crippen LogP contribution >= 0.6 is 0 Å². The molecule has 4 rings (SSSR count). The van der Waals surface area contributed by atoms with Crippen molar-refractivity contribution >= 4 is 5.97 Å². The second-order valence-electron chi connectivity index (χ2n) is 7.45. The molecule has 0 radical (unpaired) electrons. The average Bonchev–Trinajstić information content (AvgIpc) is 3.14. The van der Waals surface area contributed by atoms with Crippen LogP contribution in [0.15, 0.2) is 0 Å². The minimum absolute atomic E-state index is 0.173. The maximum absolute atomic E-state index is 12.1. The Morgan fingerprint density at radius 2 is 2.00 bits per heavy atom. The first kappa shape index (κ1) is 13.1. The number of hydrogen-bond acceptors (Lipinski definition) is 3. The molecule has 2 saturated heterocycles. The number of hydrogen-bond donors (Lipinski definition) is 1. The van der Waals surface area contributed by atoms with E-state index in [0.29, 0.717) is 25.0 Å². The molecule has 2 saturated carbocycles. The summed E-state index contributed by atoms with van der Waals surface area (Å²) in [6.07, 6.45) is 7.17. The smallest absolute Gasteiger partial charge is 0.310 e. The minimum atomic E-state index is -0.536. The van der Waals surface area contributed by atoms with Crippen LogP contribution in [0.3, 0.4) is 0 Å². The van der Waals surface area contributed by atoms with E-state index in [1.165, 1.54) is 6.42 Å². The van der Waals surface area contributed by atoms with Gasteiger partial charge in [-0.3, -0.25) is 4.79 Å². The van der Waals surface area contributed by atoms with Crippen LogP contribution < -0.4 is 0 Å². The summed E-state index contributed by atoms with van der Waals surface area (Å²) in [4.78, 5) is 12.1. The third kappa shape index (κ3) is 1.70. The Kier molecular flexibility index (Phi) is 2.90. The Morgan fingerprint density at radius 3 is 2.60 bits per heavy atom. The first-order valence-corrected chi connectivity index (χ1v) is 8.10. The van der Waals surface area contributed by atoms with E-state index < -0.39 is 11.4 Å². The summed E-state index contributed by atoms with van der Waals surface area (Å²) in [6, 6.07) is 0. The van der Waals surface area contributed by atoms with Gasteiger partial charge in [-0.1, -0.05) is 6.42 Å². The van der Waals surface area contributed by atoms with Crippen LogP contribution in [0.25, 0.3) is 0 Å². The zero-order chi connectivity index (χ0) is 13.8. The molecule has 0 aromatic rings. The summed E-state index contributed by atoms with van der Waals surface area (Å²) in [5.41, 5.74) is -0.629. The highest BCUT2D eigenvalue weighted by molar-refractivity contribution is 5.76. The van der Waals surface area contributed by atoms with Gasteiger partial charge in [0, 0.05) is 19.6 Å². The normalized spacial score (nSPS) is 50.9. The summed E-state index contributed by atoms with van der Waals surface area (Å²) < 4.78 is 11.5. The van der Waals surface area contributed by atoms with E-state index in [4.69, 9.17) is 9.47 Å². The van der Waals surface area contributed by atoms with E-state index in [1.807, 2.05) is 0 Å². The average molecular weight is 280 g/mol. The van der Waals surface area contributed by atoms with Gasteiger partial charge in [0.2, 0.25) is 0 Å². The highest BCUT2D eigenvalue weighted by atomic mass is 16.6. The molecule has 2 heterocycles. The van der Waals surface area contributed by atoms with Gasteiger partial charge in [-0.25, -0.2) is 0 Å². The Hall–Kier alpha value is -0.610. The van der Waals surface area contributed by atoms with Crippen molar-refractivity contribution in [2.45, 2.75) is 50.5 Å². The number of carboxylic acids is 1. The van der Waals surface area contributed by atoms with Crippen molar-refractivity contribution in [3.63, 3.8) is 0 Å². The Bertz CT molecular complexity index is 415. The molecule has 2 aliphatic carbocycles. The predicted octanol–water partition coefficient (Wildman–Crippen LogP) is 2.46. The molecule has 1 N–H and O–H groups in total. The SMILES string of the molecule is O=C(O)C1(C2CCOC3(CCOC3)C2)CC2CCC1C2. The Balaban J connectivity index is 1.62. The summed E-state index contributed by atoms with van der Waals surface area (Å²) in [5.74, 6) is 0.818. The number of fused-ring (bicyclic) bond motifs is 2. The minimum Gasteiger partial charge on any atom is -0.481 e. The fourth-order valence-corrected chi connectivity index (χ4v) is 5.64. The third-order valence-electron chi connectivity index (χ3n) is 6.58. The van der Waals surface area contributed by atoms with E-state index in [-0.39, 0.29) is 11.5 Å². The molecule has 0 aromatic heterocycles. The fourth-order valence-electron chi connectivity index (χ4n) is 5.64. The van der Waals surface area contributed by atoms with Crippen LogP contribution in [0.1, 0.15) is 44.9 Å². The van der Waals surface area contributed by atoms with Crippen molar-refractivity contribution in [2.75, 3.05) is 19.8 Å². The summed E-state index contributed by atoms with van der Waals surface area (Å²) in [5, 5.41) is 10.00. The number of rotatable bonds is 2. The van der Waals surface area contributed by atoms with Crippen LogP contribution in [0.4, 0.5) is 0 Å². The predicted molar refractivity (Wildman–Crippen MR) is 72.4 cm³/mol. The standard InChI is InChI=1S/C16H24O4/c17-14(18)16(8-11-1-2-12(16)7-11)13-3-5-20-15(9-13)4-6-19-10-15/h11-13H,1-10H2,(H,17,18). The van der Waals surface area contributed by atoms with Crippen molar-refractivity contribution < 1.29 is 19.4 Å². The van der Waals surface area contributed by atoms with Crippen molar-refractivity contribution in [2.24, 2.45) is 23.2 Å². The summed E-state index contributed by atoms with van der Waals surface area (Å²) >= 11 is 0. The topological polar surface area (TPSA) is 55.8 Å². The zero-order valence-electron chi connectivity index (χ0n) is 12.0. The molecular formula is C16H24O4. The van der Waals surface area contributed by atoms with Crippen LogP contribution in [0.5, 0.6) is 0 Å².